The Morgan fingerprint density at radius 3 is 2.57 bits per heavy atom. The molecule has 21 heavy (non-hydrogen) atoms. The maximum absolute atomic E-state index is 12.3. The van der Waals surface area contributed by atoms with Crippen LogP contribution in [0.3, 0.4) is 0 Å². The fourth-order valence-electron chi connectivity index (χ4n) is 2.41. The van der Waals surface area contributed by atoms with E-state index in [2.05, 4.69) is 10.6 Å². The van der Waals surface area contributed by atoms with Crippen molar-refractivity contribution < 1.29 is 19.8 Å². The van der Waals surface area contributed by atoms with Crippen molar-refractivity contribution >= 4 is 11.9 Å². The third kappa shape index (κ3) is 3.72. The van der Waals surface area contributed by atoms with E-state index in [4.69, 9.17) is 0 Å². The Morgan fingerprint density at radius 1 is 1.38 bits per heavy atom. The minimum absolute atomic E-state index is 0.124. The normalized spacial score (nSPS) is 22.7. The first-order chi connectivity index (χ1) is 9.90. The molecule has 1 aromatic carbocycles. The average molecular weight is 292 g/mol. The van der Waals surface area contributed by atoms with Crippen LogP contribution in [0.25, 0.3) is 0 Å². The van der Waals surface area contributed by atoms with Crippen LogP contribution in [0, 0.1) is 5.41 Å². The first kappa shape index (κ1) is 15.3. The Balaban J connectivity index is 2.04. The van der Waals surface area contributed by atoms with Crippen LogP contribution in [-0.4, -0.2) is 41.2 Å². The van der Waals surface area contributed by atoms with Crippen molar-refractivity contribution in [1.29, 1.82) is 0 Å². The van der Waals surface area contributed by atoms with E-state index in [1.54, 1.807) is 12.1 Å². The predicted molar refractivity (Wildman–Crippen MR) is 77.0 cm³/mol. The SMILES string of the molecule is CC1(C(=O)N[C@@H](Cc2ccc(O)cc2)C(=O)O)CCNC1. The monoisotopic (exact) mass is 292 g/mol. The van der Waals surface area contributed by atoms with Crippen molar-refractivity contribution in [2.75, 3.05) is 13.1 Å². The maximum atomic E-state index is 12.3. The highest BCUT2D eigenvalue weighted by atomic mass is 16.4. The summed E-state index contributed by atoms with van der Waals surface area (Å²) < 4.78 is 0. The number of aliphatic carboxylic acids is 1. The third-order valence-electron chi connectivity index (χ3n) is 3.90. The lowest BCUT2D eigenvalue weighted by Crippen LogP contribution is -2.49. The molecular formula is C15H20N2O4. The Labute approximate surface area is 123 Å². The van der Waals surface area contributed by atoms with E-state index in [1.165, 1.54) is 12.1 Å². The summed E-state index contributed by atoms with van der Waals surface area (Å²) in [5, 5.41) is 24.3. The molecule has 1 saturated heterocycles. The molecule has 114 valence electrons. The van der Waals surface area contributed by atoms with E-state index in [-0.39, 0.29) is 18.1 Å². The van der Waals surface area contributed by atoms with Gasteiger partial charge in [0.15, 0.2) is 0 Å². The molecule has 6 nitrogen and oxygen atoms in total. The third-order valence-corrected chi connectivity index (χ3v) is 3.90. The van der Waals surface area contributed by atoms with Crippen LogP contribution in [-0.2, 0) is 16.0 Å². The molecule has 1 fully saturated rings. The van der Waals surface area contributed by atoms with E-state index in [9.17, 15) is 19.8 Å². The molecule has 1 aromatic rings. The summed E-state index contributed by atoms with van der Waals surface area (Å²) in [5.41, 5.74) is 0.193. The van der Waals surface area contributed by atoms with Gasteiger partial charge in [-0.25, -0.2) is 4.79 Å². The zero-order chi connectivity index (χ0) is 15.5. The zero-order valence-electron chi connectivity index (χ0n) is 11.9. The van der Waals surface area contributed by atoms with Gasteiger partial charge in [-0.05, 0) is 37.6 Å². The quantitative estimate of drug-likeness (QED) is 0.633. The van der Waals surface area contributed by atoms with Crippen molar-refractivity contribution in [3.63, 3.8) is 0 Å². The average Bonchev–Trinajstić information content (AvgIpc) is 2.88. The summed E-state index contributed by atoms with van der Waals surface area (Å²) in [7, 11) is 0. The number of hydrogen-bond acceptors (Lipinski definition) is 4. The van der Waals surface area contributed by atoms with Crippen molar-refractivity contribution in [1.82, 2.24) is 10.6 Å². The topological polar surface area (TPSA) is 98.7 Å². The maximum Gasteiger partial charge on any atom is 0.326 e. The van der Waals surface area contributed by atoms with Crippen LogP contribution in [0.15, 0.2) is 24.3 Å². The van der Waals surface area contributed by atoms with Crippen LogP contribution in [0.4, 0.5) is 0 Å². The molecule has 0 saturated carbocycles. The molecule has 1 heterocycles. The van der Waals surface area contributed by atoms with Gasteiger partial charge in [0, 0.05) is 13.0 Å². The standard InChI is InChI=1S/C15H20N2O4/c1-15(6-7-16-9-15)14(21)17-12(13(19)20)8-10-2-4-11(18)5-3-10/h2-5,12,16,18H,6-9H2,1H3,(H,17,21)(H,19,20)/t12-,15?/m0/s1. The molecule has 2 rings (SSSR count). The Bertz CT molecular complexity index is 521. The van der Waals surface area contributed by atoms with Gasteiger partial charge in [-0.15, -0.1) is 0 Å². The highest BCUT2D eigenvalue weighted by molar-refractivity contribution is 5.87. The zero-order valence-corrected chi connectivity index (χ0v) is 11.9. The fourth-order valence-corrected chi connectivity index (χ4v) is 2.41. The number of phenolic OH excluding ortho intramolecular Hbond substituents is 1. The van der Waals surface area contributed by atoms with Gasteiger partial charge in [0.25, 0.3) is 0 Å². The Morgan fingerprint density at radius 2 is 2.05 bits per heavy atom. The van der Waals surface area contributed by atoms with Gasteiger partial charge < -0.3 is 20.8 Å². The molecule has 1 aliphatic heterocycles. The summed E-state index contributed by atoms with van der Waals surface area (Å²) in [5.74, 6) is -1.18. The van der Waals surface area contributed by atoms with E-state index in [0.717, 1.165) is 12.1 Å². The number of aromatic hydroxyl groups is 1. The summed E-state index contributed by atoms with van der Waals surface area (Å²) in [6.07, 6.45) is 0.884. The highest BCUT2D eigenvalue weighted by Crippen LogP contribution is 2.24. The molecule has 1 unspecified atom stereocenters. The molecule has 1 amide bonds. The number of nitrogens with one attached hydrogen (secondary N) is 2. The number of carboxylic acids is 1. The first-order valence-corrected chi connectivity index (χ1v) is 6.93. The first-order valence-electron chi connectivity index (χ1n) is 6.93. The van der Waals surface area contributed by atoms with Gasteiger partial charge in [0.05, 0.1) is 5.41 Å². The van der Waals surface area contributed by atoms with Gasteiger partial charge in [-0.1, -0.05) is 12.1 Å². The van der Waals surface area contributed by atoms with E-state index < -0.39 is 17.4 Å². The smallest absolute Gasteiger partial charge is 0.326 e. The molecule has 1 aliphatic rings. The highest BCUT2D eigenvalue weighted by Gasteiger charge is 2.38. The molecule has 0 aliphatic carbocycles. The molecule has 0 bridgehead atoms. The lowest BCUT2D eigenvalue weighted by molar-refractivity contribution is -0.143. The van der Waals surface area contributed by atoms with Crippen LogP contribution in [0.5, 0.6) is 5.75 Å². The minimum atomic E-state index is -1.06. The van der Waals surface area contributed by atoms with Crippen molar-refractivity contribution in [2.45, 2.75) is 25.8 Å². The summed E-state index contributed by atoms with van der Waals surface area (Å²) in [6, 6.07) is 5.32. The number of phenols is 1. The number of carboxylic acid groups (broad SMARTS) is 1. The molecule has 0 spiro atoms. The van der Waals surface area contributed by atoms with E-state index in [0.29, 0.717) is 13.0 Å². The van der Waals surface area contributed by atoms with Gasteiger partial charge >= 0.3 is 5.97 Å². The molecular weight excluding hydrogens is 272 g/mol. The Kier molecular flexibility index (Phi) is 4.47. The van der Waals surface area contributed by atoms with Crippen LogP contribution >= 0.6 is 0 Å². The number of benzene rings is 1. The molecule has 0 radical (unpaired) electrons. The van der Waals surface area contributed by atoms with Gasteiger partial charge in [0.2, 0.25) is 5.91 Å². The van der Waals surface area contributed by atoms with Crippen LogP contribution in [0.2, 0.25) is 0 Å². The molecule has 2 atom stereocenters. The second kappa shape index (κ2) is 6.13. The largest absolute Gasteiger partial charge is 0.508 e. The lowest BCUT2D eigenvalue weighted by Gasteiger charge is -2.24. The summed E-state index contributed by atoms with van der Waals surface area (Å²) in [4.78, 5) is 23.6. The minimum Gasteiger partial charge on any atom is -0.508 e. The molecule has 0 aromatic heterocycles. The van der Waals surface area contributed by atoms with E-state index in [1.807, 2.05) is 6.92 Å². The van der Waals surface area contributed by atoms with Crippen molar-refractivity contribution in [3.8, 4) is 5.75 Å². The molecule has 6 heteroatoms. The summed E-state index contributed by atoms with van der Waals surface area (Å²) >= 11 is 0. The van der Waals surface area contributed by atoms with Crippen molar-refractivity contribution in [2.24, 2.45) is 5.41 Å². The van der Waals surface area contributed by atoms with E-state index >= 15 is 0 Å². The molecule has 4 N–H and O–H groups in total. The number of rotatable bonds is 5. The lowest BCUT2D eigenvalue weighted by atomic mass is 9.88. The predicted octanol–water partition coefficient (Wildman–Crippen LogP) is 0.504. The Hall–Kier alpha value is -2.08. The second-order valence-corrected chi connectivity index (χ2v) is 5.72. The van der Waals surface area contributed by atoms with Crippen LogP contribution < -0.4 is 10.6 Å². The number of carbonyl (C=O) groups is 2. The number of carbonyl (C=O) groups excluding carboxylic acids is 1. The van der Waals surface area contributed by atoms with Gasteiger partial charge in [-0.2, -0.15) is 0 Å². The fraction of sp³-hybridized carbons (Fsp3) is 0.467. The second-order valence-electron chi connectivity index (χ2n) is 5.72. The van der Waals surface area contributed by atoms with Crippen LogP contribution in [0.1, 0.15) is 18.9 Å². The number of hydrogen-bond donors (Lipinski definition) is 4. The van der Waals surface area contributed by atoms with Gasteiger partial charge in [0.1, 0.15) is 11.8 Å². The number of amides is 1. The summed E-state index contributed by atoms with van der Waals surface area (Å²) in [6.45, 7) is 3.16. The van der Waals surface area contributed by atoms with Crippen molar-refractivity contribution in [3.05, 3.63) is 29.8 Å². The van der Waals surface area contributed by atoms with Gasteiger partial charge in [-0.3, -0.25) is 4.79 Å².